The molecule has 0 spiro atoms. The number of aromatic nitrogens is 8. The number of nitrogens with zero attached hydrogens (tertiary/aromatic N) is 6. The Hall–Kier alpha value is -4.66. The third kappa shape index (κ3) is 10.4. The van der Waals surface area contributed by atoms with E-state index in [2.05, 4.69) is 52.7 Å². The number of halogens is 2. The Kier molecular flexibility index (Phi) is 15.1. The molecule has 2 aromatic carbocycles. The van der Waals surface area contributed by atoms with Crippen LogP contribution in [0.25, 0.3) is 44.8 Å². The van der Waals surface area contributed by atoms with Crippen molar-refractivity contribution in [2.75, 3.05) is 13.2 Å². The lowest BCUT2D eigenvalue weighted by Crippen LogP contribution is -2.13. The van der Waals surface area contributed by atoms with Gasteiger partial charge in [-0.05, 0) is 57.0 Å². The molecule has 4 aromatic heterocycles. The minimum atomic E-state index is -3.95. The third-order valence-electron chi connectivity index (χ3n) is 7.78. The van der Waals surface area contributed by atoms with Gasteiger partial charge >= 0.3 is 0 Å². The normalized spacial score (nSPS) is 11.8. The van der Waals surface area contributed by atoms with Crippen molar-refractivity contribution in [2.45, 2.75) is 58.3 Å². The van der Waals surface area contributed by atoms with Crippen molar-refractivity contribution < 1.29 is 30.4 Å². The third-order valence-corrected chi connectivity index (χ3v) is 9.54. The summed E-state index contributed by atoms with van der Waals surface area (Å²) >= 11 is 1.67. The van der Waals surface area contributed by atoms with E-state index in [0.29, 0.717) is 70.3 Å². The van der Waals surface area contributed by atoms with Crippen LogP contribution in [0, 0.1) is 0 Å². The average Bonchev–Trinajstić information content (AvgIpc) is 3.64. The molecule has 0 saturated heterocycles. The number of ether oxygens (including phenoxy) is 2. The zero-order valence-corrected chi connectivity index (χ0v) is 33.9. The van der Waals surface area contributed by atoms with Crippen molar-refractivity contribution in [3.05, 3.63) is 74.6 Å². The van der Waals surface area contributed by atoms with Crippen molar-refractivity contribution in [1.29, 1.82) is 0 Å². The van der Waals surface area contributed by atoms with E-state index in [4.69, 9.17) is 28.9 Å². The van der Waals surface area contributed by atoms with Gasteiger partial charge in [-0.3, -0.25) is 19.0 Å². The maximum Gasteiger partial charge on any atom is 0.277 e. The molecule has 0 fully saturated rings. The Morgan fingerprint density at radius 3 is 1.67 bits per heavy atom. The fourth-order valence-electron chi connectivity index (χ4n) is 5.63. The summed E-state index contributed by atoms with van der Waals surface area (Å²) in [4.78, 5) is 39.8. The van der Waals surface area contributed by atoms with E-state index >= 15 is 0 Å². The first-order valence-electron chi connectivity index (χ1n) is 16.9. The van der Waals surface area contributed by atoms with Gasteiger partial charge in [0.25, 0.3) is 20.2 Å². The minimum absolute atomic E-state index is 0.106. The van der Waals surface area contributed by atoms with Gasteiger partial charge in [-0.2, -0.15) is 13.9 Å². The molecule has 6 rings (SSSR count). The number of H-pyrrole nitrogens is 2. The largest absolute Gasteiger partial charge is 0.749 e. The van der Waals surface area contributed by atoms with Gasteiger partial charge in [-0.15, -0.1) is 0 Å². The van der Waals surface area contributed by atoms with Crippen LogP contribution in [0.4, 0.5) is 0 Å². The van der Waals surface area contributed by atoms with Gasteiger partial charge in [0, 0.05) is 24.8 Å². The van der Waals surface area contributed by atoms with E-state index < -0.39 is 20.4 Å². The minimum Gasteiger partial charge on any atom is -0.749 e. The number of nitrogens with one attached hydrogen (secondary N) is 2. The standard InChI is InChI=1S/C17H19ClN4O4S.C17H20N4O2.ClHO3S/c1-4-6-12-14-15(22(3)21-12)17(23)20-16(19-14)11-9-10(27(18,24)25)7-8-13(11)26-5-2;1-4-8-12-14-15(21(3)20-12)17(22)19-16(18-14)11-9-6-7-10-13(11)23-5-2;1-4-5(2)3/h7-9H,4-6H2,1-3H3,(H,19,20,23);6-7,9-10H,4-5,8H2,1-3H3,(H,18,19,22);(H,2,3)/p-1. The molecule has 21 heteroatoms. The van der Waals surface area contributed by atoms with Crippen molar-refractivity contribution >= 4 is 65.0 Å². The number of para-hydroxylation sites is 1. The number of hydrogen-bond donors (Lipinski definition) is 2. The van der Waals surface area contributed by atoms with E-state index in [1.807, 2.05) is 38.1 Å². The maximum absolute atomic E-state index is 12.6. The Morgan fingerprint density at radius 1 is 0.782 bits per heavy atom. The lowest BCUT2D eigenvalue weighted by Gasteiger charge is -2.11. The molecule has 4 heterocycles. The summed E-state index contributed by atoms with van der Waals surface area (Å²) in [7, 11) is 4.97. The molecule has 0 aliphatic rings. The molecule has 1 unspecified atom stereocenters. The molecule has 55 heavy (non-hydrogen) atoms. The van der Waals surface area contributed by atoms with Crippen molar-refractivity contribution in [2.24, 2.45) is 14.1 Å². The summed E-state index contributed by atoms with van der Waals surface area (Å²) < 4.78 is 58.9. The van der Waals surface area contributed by atoms with Crippen LogP contribution in [0.3, 0.4) is 0 Å². The van der Waals surface area contributed by atoms with Gasteiger partial charge in [-0.25, -0.2) is 22.6 Å². The van der Waals surface area contributed by atoms with Gasteiger partial charge in [0.05, 0.1) is 52.5 Å². The lowest BCUT2D eigenvalue weighted by molar-refractivity contribution is 0.341. The van der Waals surface area contributed by atoms with Crippen LogP contribution in [-0.4, -0.2) is 69.9 Å². The highest BCUT2D eigenvalue weighted by Gasteiger charge is 2.20. The fraction of sp³-hybridized carbons (Fsp3) is 0.353. The number of fused-ring (bicyclic) bond motifs is 2. The summed E-state index contributed by atoms with van der Waals surface area (Å²) in [5.74, 6) is 1.81. The number of rotatable bonds is 12. The summed E-state index contributed by atoms with van der Waals surface area (Å²) in [6.45, 7) is 8.74. The van der Waals surface area contributed by atoms with E-state index in [0.717, 1.165) is 30.5 Å². The maximum atomic E-state index is 12.6. The SMILES string of the molecule is CCCc1nn(C)c2c(=O)[nH]c(-c3cc(S(=O)(=O)Cl)ccc3OCC)nc12.CCCc1nn(C)c2c(=O)[nH]c(-c3ccccc3OCC)nc12.O=S([O-])OCl. The summed E-state index contributed by atoms with van der Waals surface area (Å²) in [6.07, 6.45) is 3.26. The first-order valence-corrected chi connectivity index (χ1v) is 20.5. The summed E-state index contributed by atoms with van der Waals surface area (Å²) in [5, 5.41) is 8.81. The first kappa shape index (κ1) is 43.1. The second-order valence-corrected chi connectivity index (χ2v) is 15.1. The van der Waals surface area contributed by atoms with Crippen LogP contribution >= 0.6 is 22.5 Å². The Bertz CT molecular complexity index is 2540. The monoisotopic (exact) mass is 837 g/mol. The predicted molar refractivity (Wildman–Crippen MR) is 208 cm³/mol. The molecule has 6 aromatic rings. The summed E-state index contributed by atoms with van der Waals surface area (Å²) in [6, 6.07) is 11.8. The van der Waals surface area contributed by atoms with Gasteiger partial charge in [0.1, 0.15) is 45.5 Å². The quantitative estimate of drug-likeness (QED) is 0.119. The zero-order chi connectivity index (χ0) is 40.4. The number of aromatic amines is 2. The van der Waals surface area contributed by atoms with Crippen LogP contribution in [0.15, 0.2) is 56.9 Å². The second kappa shape index (κ2) is 19.3. The Balaban J connectivity index is 0.000000220. The van der Waals surface area contributed by atoms with Gasteiger partial charge in [-0.1, -0.05) is 38.8 Å². The smallest absolute Gasteiger partial charge is 0.277 e. The summed E-state index contributed by atoms with van der Waals surface area (Å²) in [5.41, 5.74) is 4.14. The molecule has 2 N–H and O–H groups in total. The van der Waals surface area contributed by atoms with Gasteiger partial charge in [0.15, 0.2) is 11.0 Å². The molecule has 296 valence electrons. The van der Waals surface area contributed by atoms with Crippen LogP contribution in [0.5, 0.6) is 11.5 Å². The predicted octanol–water partition coefficient (Wildman–Crippen LogP) is 5.23. The Morgan fingerprint density at radius 2 is 1.24 bits per heavy atom. The average molecular weight is 839 g/mol. The van der Waals surface area contributed by atoms with E-state index in [9.17, 15) is 18.0 Å². The highest BCUT2D eigenvalue weighted by atomic mass is 35.7. The van der Waals surface area contributed by atoms with Crippen LogP contribution < -0.4 is 20.6 Å². The highest BCUT2D eigenvalue weighted by Crippen LogP contribution is 2.32. The van der Waals surface area contributed by atoms with Crippen LogP contribution in [-0.2, 0) is 51.1 Å². The van der Waals surface area contributed by atoms with Gasteiger partial charge in [0.2, 0.25) is 0 Å². The second-order valence-electron chi connectivity index (χ2n) is 11.6. The topological polar surface area (TPSA) is 229 Å². The fourth-order valence-corrected chi connectivity index (χ4v) is 6.41. The molecular weight excluding hydrogens is 799 g/mol. The molecule has 0 saturated carbocycles. The molecule has 0 bridgehead atoms. The van der Waals surface area contributed by atoms with E-state index in [1.165, 1.54) is 22.9 Å². The zero-order valence-electron chi connectivity index (χ0n) is 30.7. The molecular formula is C34H39Cl2N8O9S2-. The molecule has 0 radical (unpaired) electrons. The van der Waals surface area contributed by atoms with Crippen LogP contribution in [0.1, 0.15) is 51.9 Å². The number of aryl methyl sites for hydroxylation is 4. The first-order chi connectivity index (χ1) is 26.2. The van der Waals surface area contributed by atoms with Crippen LogP contribution in [0.2, 0.25) is 0 Å². The van der Waals surface area contributed by atoms with Crippen molar-refractivity contribution in [1.82, 2.24) is 39.5 Å². The van der Waals surface area contributed by atoms with E-state index in [-0.39, 0.29) is 21.8 Å². The van der Waals surface area contributed by atoms with Crippen molar-refractivity contribution in [3.8, 4) is 34.3 Å². The van der Waals surface area contributed by atoms with Gasteiger partial charge < -0.3 is 24.0 Å². The molecule has 17 nitrogen and oxygen atoms in total. The molecule has 0 amide bonds. The van der Waals surface area contributed by atoms with E-state index in [1.54, 1.807) is 25.7 Å². The Labute approximate surface area is 328 Å². The highest BCUT2D eigenvalue weighted by molar-refractivity contribution is 8.13. The molecule has 0 aliphatic heterocycles. The molecule has 0 aliphatic carbocycles. The van der Waals surface area contributed by atoms with Crippen molar-refractivity contribution in [3.63, 3.8) is 0 Å². The molecule has 1 atom stereocenters. The number of hydrogen-bond acceptors (Lipinski definition) is 13. The number of benzene rings is 2. The lowest BCUT2D eigenvalue weighted by atomic mass is 10.1.